The molecule has 0 spiro atoms. The predicted molar refractivity (Wildman–Crippen MR) is 340 cm³/mol. The molecule has 0 saturated carbocycles. The Hall–Kier alpha value is -6.52. The average molecular weight is 1040 g/mol. The topological polar surface area (TPSA) is 19.6 Å². The van der Waals surface area contributed by atoms with Crippen molar-refractivity contribution in [3.63, 3.8) is 0 Å². The normalized spacial score (nSPS) is 19.6. The minimum Gasteiger partial charge on any atom is -0.468 e. The van der Waals surface area contributed by atoms with Crippen molar-refractivity contribution in [2.45, 2.75) is 187 Å². The number of hydrogen-bond acceptors (Lipinski definition) is 3. The first-order valence-corrected chi connectivity index (χ1v) is 29.9. The van der Waals surface area contributed by atoms with Gasteiger partial charge in [-0.05, 0) is 220 Å². The molecule has 0 amide bonds. The lowest BCUT2D eigenvalue weighted by Crippen LogP contribution is -2.61. The first-order valence-electron chi connectivity index (χ1n) is 29.9. The molecular weight excluding hydrogens is 956 g/mol. The van der Waals surface area contributed by atoms with E-state index in [1.165, 1.54) is 134 Å². The number of benzene rings is 8. The van der Waals surface area contributed by atoms with E-state index >= 15 is 0 Å². The highest BCUT2D eigenvalue weighted by Crippen LogP contribution is 2.56. The zero-order valence-electron chi connectivity index (χ0n) is 50.2. The van der Waals surface area contributed by atoms with E-state index in [1.807, 2.05) is 0 Å². The Morgan fingerprint density at radius 2 is 1.00 bits per heavy atom. The van der Waals surface area contributed by atoms with Crippen LogP contribution in [0.5, 0.6) is 0 Å². The Morgan fingerprint density at radius 3 is 1.66 bits per heavy atom. The minimum atomic E-state index is -0.158. The van der Waals surface area contributed by atoms with Gasteiger partial charge in [0.25, 0.3) is 6.71 Å². The Morgan fingerprint density at radius 1 is 0.430 bits per heavy atom. The fourth-order valence-electron chi connectivity index (χ4n) is 15.7. The molecule has 14 rings (SSSR count). The second kappa shape index (κ2) is 16.3. The lowest BCUT2D eigenvalue weighted by Gasteiger charge is -2.47. The molecular formula is C75H81BN2O. The van der Waals surface area contributed by atoms with Crippen LogP contribution in [-0.2, 0) is 37.9 Å². The third-order valence-electron chi connectivity index (χ3n) is 21.0. The van der Waals surface area contributed by atoms with E-state index in [1.54, 1.807) is 0 Å². The van der Waals surface area contributed by atoms with Gasteiger partial charge >= 0.3 is 0 Å². The zero-order valence-corrected chi connectivity index (χ0v) is 50.2. The molecule has 400 valence electrons. The van der Waals surface area contributed by atoms with Crippen molar-refractivity contribution < 1.29 is 4.42 Å². The van der Waals surface area contributed by atoms with Gasteiger partial charge in [-0.25, -0.2) is 0 Å². The molecule has 0 radical (unpaired) electrons. The molecule has 4 heteroatoms. The second-order valence-corrected chi connectivity index (χ2v) is 30.2. The monoisotopic (exact) mass is 1040 g/mol. The lowest BCUT2D eigenvalue weighted by molar-refractivity contribution is 0.332. The van der Waals surface area contributed by atoms with E-state index in [-0.39, 0.29) is 44.6 Å². The number of nitrogens with zero attached hydrogens (tertiary/aromatic N) is 2. The summed E-state index contributed by atoms with van der Waals surface area (Å²) in [6, 6.07) is 50.9. The lowest BCUT2D eigenvalue weighted by atomic mass is 9.35. The molecule has 0 bridgehead atoms. The summed E-state index contributed by atoms with van der Waals surface area (Å²) in [5, 5.41) is 6.33. The third-order valence-corrected chi connectivity index (χ3v) is 21.0. The van der Waals surface area contributed by atoms with Crippen molar-refractivity contribution in [3.8, 4) is 11.1 Å². The van der Waals surface area contributed by atoms with Crippen LogP contribution in [0.3, 0.4) is 0 Å². The van der Waals surface area contributed by atoms with Crippen LogP contribution in [-0.4, -0.2) is 6.71 Å². The number of fused-ring (bicyclic) bond motifs is 12. The molecule has 3 heterocycles. The first kappa shape index (κ1) is 50.7. The Labute approximate surface area is 471 Å². The van der Waals surface area contributed by atoms with Gasteiger partial charge in [-0.3, -0.25) is 0 Å². The molecule has 0 unspecified atom stereocenters. The van der Waals surface area contributed by atoms with Crippen LogP contribution >= 0.6 is 0 Å². The standard InChI is InChI=1S/C75H81BN2O/c1-44-36-63-66-64(37-44)78(61-29-25-46(69(2,3)4)38-52(61)50-23-19-22-49-48-21-18-17-20-45(48)24-27-51(49)50)62-42-58-57(73(11,12)33-34-74(58,13)14)41-60(62)76(66)68-67(53-40-56-59(43-65(53)79-68)75(15,16)35-32-72(56,9)10)77(63)47-26-28-54-55(39-47)71(7,8)31-30-70(54,5)6/h17-29,36-43H,30-35H2,1-16H3. The van der Waals surface area contributed by atoms with Crippen LogP contribution in [0.2, 0.25) is 0 Å². The molecule has 9 aromatic rings. The summed E-state index contributed by atoms with van der Waals surface area (Å²) in [7, 11) is 0. The highest BCUT2D eigenvalue weighted by molar-refractivity contribution is 7.00. The van der Waals surface area contributed by atoms with E-state index < -0.39 is 0 Å². The van der Waals surface area contributed by atoms with Crippen LogP contribution < -0.4 is 26.4 Å². The third kappa shape index (κ3) is 7.36. The van der Waals surface area contributed by atoms with Gasteiger partial charge in [-0.2, -0.15) is 0 Å². The largest absolute Gasteiger partial charge is 0.468 e. The van der Waals surface area contributed by atoms with Crippen LogP contribution in [0.1, 0.15) is 187 Å². The number of anilines is 6. The Kier molecular flexibility index (Phi) is 10.5. The van der Waals surface area contributed by atoms with Gasteiger partial charge in [0.15, 0.2) is 0 Å². The highest BCUT2D eigenvalue weighted by Gasteiger charge is 2.51. The van der Waals surface area contributed by atoms with E-state index in [4.69, 9.17) is 4.42 Å². The maximum Gasteiger partial charge on any atom is 0.297 e. The van der Waals surface area contributed by atoms with Crippen molar-refractivity contribution in [1.82, 2.24) is 0 Å². The van der Waals surface area contributed by atoms with Gasteiger partial charge in [0.2, 0.25) is 0 Å². The molecule has 0 N–H and O–H groups in total. The smallest absolute Gasteiger partial charge is 0.297 e. The quantitative estimate of drug-likeness (QED) is 0.130. The maximum atomic E-state index is 7.84. The summed E-state index contributed by atoms with van der Waals surface area (Å²) >= 11 is 0. The van der Waals surface area contributed by atoms with Crippen molar-refractivity contribution in [2.24, 2.45) is 0 Å². The van der Waals surface area contributed by atoms with E-state index in [0.29, 0.717) is 0 Å². The van der Waals surface area contributed by atoms with Gasteiger partial charge in [0.1, 0.15) is 5.58 Å². The molecule has 0 atom stereocenters. The molecule has 2 aliphatic heterocycles. The first-order chi connectivity index (χ1) is 37.2. The van der Waals surface area contributed by atoms with Crippen molar-refractivity contribution in [2.75, 3.05) is 9.80 Å². The zero-order chi connectivity index (χ0) is 55.5. The molecule has 5 aliphatic rings. The summed E-state index contributed by atoms with van der Waals surface area (Å²) in [6.07, 6.45) is 6.92. The molecule has 3 nitrogen and oxygen atoms in total. The SMILES string of the molecule is Cc1cc2c3c(c1)N(c1ccc4c(c1)C(C)(C)CCC4(C)C)c1c(oc4cc5c(cc14)C(C)(C)CCC5(C)C)B3c1cc3c(cc1N2c1ccc(C(C)(C)C)cc1-c1cccc2c1ccc1ccccc12)C(C)(C)CCC3(C)C. The van der Waals surface area contributed by atoms with Gasteiger partial charge < -0.3 is 14.2 Å². The fraction of sp³-hybridized carbons (Fsp3) is 0.387. The van der Waals surface area contributed by atoms with Gasteiger partial charge in [-0.1, -0.05) is 177 Å². The van der Waals surface area contributed by atoms with Gasteiger partial charge in [-0.15, -0.1) is 0 Å². The van der Waals surface area contributed by atoms with E-state index in [2.05, 4.69) is 248 Å². The van der Waals surface area contributed by atoms with E-state index in [0.717, 1.165) is 43.3 Å². The predicted octanol–water partition coefficient (Wildman–Crippen LogP) is 19.1. The minimum absolute atomic E-state index is 0.0102. The average Bonchev–Trinajstić information content (AvgIpc) is 2.55. The summed E-state index contributed by atoms with van der Waals surface area (Å²) in [5.41, 5.74) is 26.0. The van der Waals surface area contributed by atoms with Crippen LogP contribution in [0.25, 0.3) is 43.6 Å². The Balaban J connectivity index is 1.13. The summed E-state index contributed by atoms with van der Waals surface area (Å²) in [5.74, 6) is 0. The summed E-state index contributed by atoms with van der Waals surface area (Å²) in [4.78, 5) is 5.38. The fourth-order valence-corrected chi connectivity index (χ4v) is 15.7. The van der Waals surface area contributed by atoms with Crippen LogP contribution in [0.15, 0.2) is 132 Å². The number of rotatable bonds is 3. The van der Waals surface area contributed by atoms with Crippen molar-refractivity contribution in [1.29, 1.82) is 0 Å². The van der Waals surface area contributed by atoms with Gasteiger partial charge in [0.05, 0.1) is 17.0 Å². The number of aryl methyl sites for hydroxylation is 1. The summed E-state index contributed by atoms with van der Waals surface area (Å²) < 4.78 is 7.84. The molecule has 79 heavy (non-hydrogen) atoms. The van der Waals surface area contributed by atoms with Crippen LogP contribution in [0, 0.1) is 6.92 Å². The van der Waals surface area contributed by atoms with Crippen LogP contribution in [0.4, 0.5) is 34.1 Å². The molecule has 3 aliphatic carbocycles. The van der Waals surface area contributed by atoms with E-state index in [9.17, 15) is 0 Å². The number of hydrogen-bond donors (Lipinski definition) is 0. The summed E-state index contributed by atoms with van der Waals surface area (Å²) in [6.45, 7) is 38.9. The van der Waals surface area contributed by atoms with Crippen molar-refractivity contribution in [3.05, 3.63) is 172 Å². The highest BCUT2D eigenvalue weighted by atomic mass is 16.3. The maximum absolute atomic E-state index is 7.84. The number of furan rings is 1. The Bertz CT molecular complexity index is 4110. The second-order valence-electron chi connectivity index (χ2n) is 30.2. The van der Waals surface area contributed by atoms with Gasteiger partial charge in [0, 0.05) is 33.7 Å². The molecule has 0 saturated heterocycles. The molecule has 8 aromatic carbocycles. The van der Waals surface area contributed by atoms with Crippen molar-refractivity contribution >= 4 is 89.9 Å². The molecule has 0 fully saturated rings. The molecule has 1 aromatic heterocycles.